The summed E-state index contributed by atoms with van der Waals surface area (Å²) in [5.74, 6) is -0.295. The van der Waals surface area contributed by atoms with Crippen molar-refractivity contribution in [2.45, 2.75) is 25.8 Å². The predicted molar refractivity (Wildman–Crippen MR) is 42.5 cm³/mol. The van der Waals surface area contributed by atoms with Crippen molar-refractivity contribution in [3.05, 3.63) is 0 Å². The van der Waals surface area contributed by atoms with E-state index in [1.54, 1.807) is 0 Å². The van der Waals surface area contributed by atoms with Crippen LogP contribution in [0.15, 0.2) is 0 Å². The molecule has 0 saturated carbocycles. The minimum Gasteiger partial charge on any atom is -0.463 e. The zero-order valence-corrected chi connectivity index (χ0v) is 7.56. The van der Waals surface area contributed by atoms with Gasteiger partial charge in [-0.05, 0) is 6.42 Å². The molecule has 0 radical (unpaired) electrons. The van der Waals surface area contributed by atoms with Gasteiger partial charge in [0.05, 0.1) is 6.61 Å². The SMILES string of the molecule is CCC(Cl)OCCOC(C)=O. The van der Waals surface area contributed by atoms with Crippen molar-refractivity contribution in [3.63, 3.8) is 0 Å². The van der Waals surface area contributed by atoms with Crippen LogP contribution >= 0.6 is 11.6 Å². The van der Waals surface area contributed by atoms with Crippen LogP contribution in [0.1, 0.15) is 20.3 Å². The van der Waals surface area contributed by atoms with E-state index in [-0.39, 0.29) is 18.1 Å². The third-order valence-electron chi connectivity index (χ3n) is 1.01. The summed E-state index contributed by atoms with van der Waals surface area (Å²) in [6, 6.07) is 0. The summed E-state index contributed by atoms with van der Waals surface area (Å²) in [5.41, 5.74) is -0.273. The number of hydrogen-bond donors (Lipinski definition) is 0. The molecule has 4 heteroatoms. The van der Waals surface area contributed by atoms with E-state index in [1.807, 2.05) is 6.92 Å². The Labute approximate surface area is 71.6 Å². The Balaban J connectivity index is 3.08. The van der Waals surface area contributed by atoms with Crippen LogP contribution in [-0.4, -0.2) is 24.7 Å². The molecule has 0 heterocycles. The molecule has 1 unspecified atom stereocenters. The molecule has 0 bridgehead atoms. The first-order valence-electron chi connectivity index (χ1n) is 3.55. The zero-order chi connectivity index (χ0) is 8.69. The summed E-state index contributed by atoms with van der Waals surface area (Å²) in [5, 5.41) is 0. The van der Waals surface area contributed by atoms with Gasteiger partial charge in [0.2, 0.25) is 0 Å². The normalized spacial score (nSPS) is 12.6. The molecule has 3 nitrogen and oxygen atoms in total. The third kappa shape index (κ3) is 7.62. The van der Waals surface area contributed by atoms with Gasteiger partial charge < -0.3 is 9.47 Å². The van der Waals surface area contributed by atoms with E-state index in [0.29, 0.717) is 6.61 Å². The largest absolute Gasteiger partial charge is 0.463 e. The van der Waals surface area contributed by atoms with Crippen LogP contribution in [0.2, 0.25) is 0 Å². The zero-order valence-electron chi connectivity index (χ0n) is 6.80. The molecular formula is C7H13ClO3. The fraction of sp³-hybridized carbons (Fsp3) is 0.857. The topological polar surface area (TPSA) is 35.5 Å². The lowest BCUT2D eigenvalue weighted by atomic mass is 10.5. The first-order chi connectivity index (χ1) is 5.16. The number of rotatable bonds is 5. The van der Waals surface area contributed by atoms with Crippen molar-refractivity contribution in [1.29, 1.82) is 0 Å². The number of halogens is 1. The second-order valence-corrected chi connectivity index (χ2v) is 2.52. The maximum Gasteiger partial charge on any atom is 0.302 e. The second kappa shape index (κ2) is 6.43. The molecule has 0 saturated heterocycles. The van der Waals surface area contributed by atoms with Crippen LogP contribution < -0.4 is 0 Å². The van der Waals surface area contributed by atoms with Gasteiger partial charge in [0.25, 0.3) is 0 Å². The van der Waals surface area contributed by atoms with E-state index < -0.39 is 0 Å². The molecule has 0 rings (SSSR count). The molecule has 1 atom stereocenters. The van der Waals surface area contributed by atoms with Gasteiger partial charge in [-0.25, -0.2) is 0 Å². The average Bonchev–Trinajstić information content (AvgIpc) is 1.97. The van der Waals surface area contributed by atoms with Crippen LogP contribution in [-0.2, 0) is 14.3 Å². The first-order valence-corrected chi connectivity index (χ1v) is 3.99. The summed E-state index contributed by atoms with van der Waals surface area (Å²) < 4.78 is 9.64. The highest BCUT2D eigenvalue weighted by Crippen LogP contribution is 2.01. The third-order valence-corrected chi connectivity index (χ3v) is 1.44. The Morgan fingerprint density at radius 3 is 2.64 bits per heavy atom. The molecule has 66 valence electrons. The van der Waals surface area contributed by atoms with Crippen molar-refractivity contribution in [3.8, 4) is 0 Å². The Hall–Kier alpha value is -0.280. The molecule has 0 amide bonds. The molecule has 0 aliphatic rings. The summed E-state index contributed by atoms with van der Waals surface area (Å²) in [7, 11) is 0. The van der Waals surface area contributed by atoms with Crippen LogP contribution in [0.25, 0.3) is 0 Å². The highest BCUT2D eigenvalue weighted by molar-refractivity contribution is 6.19. The minimum absolute atomic E-state index is 0.273. The van der Waals surface area contributed by atoms with Gasteiger partial charge in [0.1, 0.15) is 12.2 Å². The van der Waals surface area contributed by atoms with E-state index in [9.17, 15) is 4.79 Å². The number of carbonyl (C=O) groups excluding carboxylic acids is 1. The number of ether oxygens (including phenoxy) is 2. The van der Waals surface area contributed by atoms with E-state index in [1.165, 1.54) is 6.92 Å². The van der Waals surface area contributed by atoms with Crippen molar-refractivity contribution in [2.24, 2.45) is 0 Å². The van der Waals surface area contributed by atoms with E-state index in [4.69, 9.17) is 16.3 Å². The molecule has 0 spiro atoms. The standard InChI is InChI=1S/C7H13ClO3/c1-3-7(8)11-5-4-10-6(2)9/h7H,3-5H2,1-2H3. The van der Waals surface area contributed by atoms with Crippen molar-refractivity contribution >= 4 is 17.6 Å². The molecule has 0 aromatic rings. The predicted octanol–water partition coefficient (Wildman–Crippen LogP) is 1.54. The molecular weight excluding hydrogens is 168 g/mol. The maximum absolute atomic E-state index is 10.2. The van der Waals surface area contributed by atoms with Gasteiger partial charge in [-0.3, -0.25) is 4.79 Å². The molecule has 11 heavy (non-hydrogen) atoms. The minimum atomic E-state index is -0.295. The highest BCUT2D eigenvalue weighted by atomic mass is 35.5. The lowest BCUT2D eigenvalue weighted by molar-refractivity contribution is -0.142. The van der Waals surface area contributed by atoms with E-state index in [2.05, 4.69) is 4.74 Å². The lowest BCUT2D eigenvalue weighted by Gasteiger charge is -2.07. The molecule has 0 N–H and O–H groups in total. The van der Waals surface area contributed by atoms with Crippen molar-refractivity contribution in [2.75, 3.05) is 13.2 Å². The van der Waals surface area contributed by atoms with Gasteiger partial charge in [-0.15, -0.1) is 0 Å². The number of alkyl halides is 1. The van der Waals surface area contributed by atoms with Crippen LogP contribution in [0.4, 0.5) is 0 Å². The second-order valence-electron chi connectivity index (χ2n) is 2.03. The van der Waals surface area contributed by atoms with E-state index >= 15 is 0 Å². The van der Waals surface area contributed by atoms with Crippen molar-refractivity contribution in [1.82, 2.24) is 0 Å². The van der Waals surface area contributed by atoms with Gasteiger partial charge in [-0.1, -0.05) is 18.5 Å². The van der Waals surface area contributed by atoms with Gasteiger partial charge >= 0.3 is 5.97 Å². The van der Waals surface area contributed by atoms with Crippen LogP contribution in [0.3, 0.4) is 0 Å². The molecule has 0 fully saturated rings. The monoisotopic (exact) mass is 180 g/mol. The Morgan fingerprint density at radius 2 is 2.18 bits per heavy atom. The molecule has 0 aliphatic carbocycles. The Bertz CT molecular complexity index is 116. The Morgan fingerprint density at radius 1 is 1.55 bits per heavy atom. The average molecular weight is 181 g/mol. The molecule has 0 aromatic heterocycles. The number of carbonyl (C=O) groups is 1. The molecule has 0 aliphatic heterocycles. The van der Waals surface area contributed by atoms with Gasteiger partial charge in [0.15, 0.2) is 0 Å². The number of esters is 1. The van der Waals surface area contributed by atoms with Gasteiger partial charge in [-0.2, -0.15) is 0 Å². The smallest absolute Gasteiger partial charge is 0.302 e. The summed E-state index contributed by atoms with van der Waals surface area (Å²) in [4.78, 5) is 10.2. The number of hydrogen-bond acceptors (Lipinski definition) is 3. The van der Waals surface area contributed by atoms with Crippen molar-refractivity contribution < 1.29 is 14.3 Å². The fourth-order valence-electron chi connectivity index (χ4n) is 0.479. The fourth-order valence-corrected chi connectivity index (χ4v) is 0.568. The van der Waals surface area contributed by atoms with Crippen LogP contribution in [0, 0.1) is 0 Å². The van der Waals surface area contributed by atoms with E-state index in [0.717, 1.165) is 6.42 Å². The molecule has 0 aromatic carbocycles. The maximum atomic E-state index is 10.2. The highest BCUT2D eigenvalue weighted by Gasteiger charge is 2.00. The summed E-state index contributed by atoms with van der Waals surface area (Å²) in [6.07, 6.45) is 0.752. The quantitative estimate of drug-likeness (QED) is 0.366. The Kier molecular flexibility index (Phi) is 6.27. The summed E-state index contributed by atoms with van der Waals surface area (Å²) in [6.45, 7) is 3.92. The first kappa shape index (κ1) is 10.7. The van der Waals surface area contributed by atoms with Crippen LogP contribution in [0.5, 0.6) is 0 Å². The van der Waals surface area contributed by atoms with Gasteiger partial charge in [0, 0.05) is 6.92 Å². The lowest BCUT2D eigenvalue weighted by Crippen LogP contribution is -2.11. The summed E-state index contributed by atoms with van der Waals surface area (Å²) >= 11 is 5.62.